The number of rotatable bonds is 4. The molecule has 146 valence electrons. The van der Waals surface area contributed by atoms with E-state index in [-0.39, 0.29) is 25.2 Å². The van der Waals surface area contributed by atoms with Crippen molar-refractivity contribution < 1.29 is 40.9 Å². The third-order valence-electron chi connectivity index (χ3n) is 4.47. The summed E-state index contributed by atoms with van der Waals surface area (Å²) in [5.74, 6) is -5.63. The van der Waals surface area contributed by atoms with Gasteiger partial charge in [-0.15, -0.1) is 0 Å². The topological polar surface area (TPSA) is 36.9 Å². The summed E-state index contributed by atoms with van der Waals surface area (Å²) in [5.41, 5.74) is 0. The van der Waals surface area contributed by atoms with Gasteiger partial charge in [0.05, 0.1) is 19.3 Å². The fourth-order valence-electron chi connectivity index (χ4n) is 3.00. The predicted molar refractivity (Wildman–Crippen MR) is 79.2 cm³/mol. The Kier molecular flexibility index (Phi) is 5.69. The fraction of sp³-hybridized carbons (Fsp3) is 0.647. The number of ether oxygens (including phenoxy) is 4. The van der Waals surface area contributed by atoms with Gasteiger partial charge < -0.3 is 18.9 Å². The monoisotopic (exact) mass is 382 g/mol. The number of benzene rings is 1. The molecule has 9 heteroatoms. The van der Waals surface area contributed by atoms with Gasteiger partial charge in [-0.2, -0.15) is 8.78 Å². The molecule has 26 heavy (non-hydrogen) atoms. The molecule has 2 aliphatic heterocycles. The van der Waals surface area contributed by atoms with Crippen molar-refractivity contribution >= 4 is 0 Å². The number of hydrogen-bond acceptors (Lipinski definition) is 4. The van der Waals surface area contributed by atoms with Gasteiger partial charge in [0, 0.05) is 24.7 Å². The maximum Gasteiger partial charge on any atom is 0.451 e. The smallest absolute Gasteiger partial charge is 0.429 e. The van der Waals surface area contributed by atoms with Gasteiger partial charge in [-0.25, -0.2) is 13.2 Å². The van der Waals surface area contributed by atoms with E-state index >= 15 is 0 Å². The molecule has 2 fully saturated rings. The molecule has 0 radical (unpaired) electrons. The van der Waals surface area contributed by atoms with Crippen molar-refractivity contribution in [2.45, 2.75) is 38.3 Å². The minimum atomic E-state index is -4.01. The summed E-state index contributed by atoms with van der Waals surface area (Å²) >= 11 is 0. The minimum absolute atomic E-state index is 0.0190. The normalized spacial score (nSPS) is 30.2. The molecule has 0 saturated carbocycles. The molecule has 0 amide bonds. The lowest BCUT2D eigenvalue weighted by Gasteiger charge is -2.38. The zero-order chi connectivity index (χ0) is 18.9. The first-order valence-corrected chi connectivity index (χ1v) is 8.32. The van der Waals surface area contributed by atoms with Crippen LogP contribution in [0.25, 0.3) is 0 Å². The summed E-state index contributed by atoms with van der Waals surface area (Å²) in [5, 5.41) is 0. The highest BCUT2D eigenvalue weighted by molar-refractivity contribution is 5.25. The van der Waals surface area contributed by atoms with Crippen molar-refractivity contribution in [2.75, 3.05) is 19.8 Å². The lowest BCUT2D eigenvalue weighted by molar-refractivity contribution is -0.356. The van der Waals surface area contributed by atoms with Crippen LogP contribution in [0.5, 0.6) is 5.75 Å². The van der Waals surface area contributed by atoms with E-state index in [2.05, 4.69) is 11.7 Å². The molecular weight excluding hydrogens is 363 g/mol. The molecule has 0 aliphatic carbocycles. The molecule has 2 saturated heterocycles. The first-order valence-electron chi connectivity index (χ1n) is 8.32. The Morgan fingerprint density at radius 2 is 1.58 bits per heavy atom. The summed E-state index contributed by atoms with van der Waals surface area (Å²) in [4.78, 5) is 0. The van der Waals surface area contributed by atoms with Gasteiger partial charge in [0.1, 0.15) is 5.75 Å². The Morgan fingerprint density at radius 1 is 0.962 bits per heavy atom. The molecule has 2 unspecified atom stereocenters. The third kappa shape index (κ3) is 4.27. The van der Waals surface area contributed by atoms with E-state index < -0.39 is 35.6 Å². The van der Waals surface area contributed by atoms with Crippen molar-refractivity contribution in [1.29, 1.82) is 0 Å². The van der Waals surface area contributed by atoms with E-state index in [1.54, 1.807) is 0 Å². The van der Waals surface area contributed by atoms with E-state index in [0.717, 1.165) is 12.8 Å². The van der Waals surface area contributed by atoms with E-state index in [4.69, 9.17) is 14.2 Å². The highest BCUT2D eigenvalue weighted by Gasteiger charge is 2.48. The largest absolute Gasteiger partial charge is 0.451 e. The van der Waals surface area contributed by atoms with Crippen LogP contribution < -0.4 is 4.74 Å². The van der Waals surface area contributed by atoms with Gasteiger partial charge >= 0.3 is 6.11 Å². The second-order valence-corrected chi connectivity index (χ2v) is 6.68. The van der Waals surface area contributed by atoms with Crippen LogP contribution in [0.2, 0.25) is 0 Å². The van der Waals surface area contributed by atoms with Gasteiger partial charge in [0.15, 0.2) is 17.5 Å². The van der Waals surface area contributed by atoms with Crippen LogP contribution in [0.4, 0.5) is 22.0 Å². The van der Waals surface area contributed by atoms with Crippen LogP contribution in [0.1, 0.15) is 19.8 Å². The zero-order valence-corrected chi connectivity index (χ0v) is 14.0. The number of halogens is 5. The molecule has 2 atom stereocenters. The second kappa shape index (κ2) is 7.66. The van der Waals surface area contributed by atoms with Gasteiger partial charge in [0.25, 0.3) is 6.29 Å². The molecule has 2 aliphatic rings. The lowest BCUT2D eigenvalue weighted by atomic mass is 9.92. The van der Waals surface area contributed by atoms with Gasteiger partial charge in [-0.1, -0.05) is 6.92 Å². The minimum Gasteiger partial charge on any atom is -0.429 e. The Labute approximate surface area is 147 Å². The van der Waals surface area contributed by atoms with Gasteiger partial charge in [0.2, 0.25) is 0 Å². The van der Waals surface area contributed by atoms with Crippen LogP contribution in [0.3, 0.4) is 0 Å². The lowest BCUT2D eigenvalue weighted by Crippen LogP contribution is -2.50. The predicted octanol–water partition coefficient (Wildman–Crippen LogP) is 3.88. The Morgan fingerprint density at radius 3 is 2.12 bits per heavy atom. The van der Waals surface area contributed by atoms with Crippen molar-refractivity contribution in [2.24, 2.45) is 11.8 Å². The first kappa shape index (κ1) is 19.3. The van der Waals surface area contributed by atoms with Crippen LogP contribution in [-0.2, 0) is 14.2 Å². The average molecular weight is 382 g/mol. The van der Waals surface area contributed by atoms with E-state index in [1.807, 2.05) is 0 Å². The highest BCUT2D eigenvalue weighted by atomic mass is 19.3. The molecule has 2 heterocycles. The molecular formula is C17H19F5O4. The van der Waals surface area contributed by atoms with Gasteiger partial charge in [-0.3, -0.25) is 0 Å². The quantitative estimate of drug-likeness (QED) is 0.585. The van der Waals surface area contributed by atoms with Crippen molar-refractivity contribution in [1.82, 2.24) is 0 Å². The molecule has 1 aromatic rings. The molecule has 0 N–H and O–H groups in total. The average Bonchev–Trinajstić information content (AvgIpc) is 2.60. The van der Waals surface area contributed by atoms with Crippen molar-refractivity contribution in [3.05, 3.63) is 29.6 Å². The van der Waals surface area contributed by atoms with Gasteiger partial charge in [-0.05, 0) is 18.8 Å². The molecule has 0 aromatic heterocycles. The molecule has 0 spiro atoms. The van der Waals surface area contributed by atoms with E-state index in [0.29, 0.717) is 24.7 Å². The van der Waals surface area contributed by atoms with E-state index in [9.17, 15) is 22.0 Å². The summed E-state index contributed by atoms with van der Waals surface area (Å²) in [6.45, 7) is 2.63. The molecule has 0 bridgehead atoms. The van der Waals surface area contributed by atoms with Crippen molar-refractivity contribution in [3.63, 3.8) is 0 Å². The second-order valence-electron chi connectivity index (χ2n) is 6.68. The van der Waals surface area contributed by atoms with Crippen LogP contribution in [0.15, 0.2) is 12.1 Å². The zero-order valence-electron chi connectivity index (χ0n) is 14.0. The standard InChI is InChI=1S/C17H19F5O4/c1-9-2-3-14(23-6-9)10-7-24-16(25-8-10)17(21,22)26-11-4-12(18)15(20)13(19)5-11/h4-5,9-10,14,16H,2-3,6-8H2,1H3. The molecule has 1 aromatic carbocycles. The first-order chi connectivity index (χ1) is 12.3. The third-order valence-corrected chi connectivity index (χ3v) is 4.47. The van der Waals surface area contributed by atoms with Crippen molar-refractivity contribution in [3.8, 4) is 5.75 Å². The van der Waals surface area contributed by atoms with E-state index in [1.165, 1.54) is 0 Å². The Balaban J connectivity index is 1.57. The van der Waals surface area contributed by atoms with Crippen LogP contribution in [0, 0.1) is 29.3 Å². The molecule has 3 rings (SSSR count). The van der Waals surface area contributed by atoms with Crippen LogP contribution >= 0.6 is 0 Å². The summed E-state index contributed by atoms with van der Waals surface area (Å²) in [6, 6.07) is 0.657. The summed E-state index contributed by atoms with van der Waals surface area (Å²) < 4.78 is 87.5. The SMILES string of the molecule is CC1CCC(C2COC(C(F)(F)Oc3cc(F)c(F)c(F)c3)OC2)OC1. The van der Waals surface area contributed by atoms with Crippen LogP contribution in [-0.4, -0.2) is 38.3 Å². The fourth-order valence-corrected chi connectivity index (χ4v) is 3.00. The number of hydrogen-bond donors (Lipinski definition) is 0. The Hall–Kier alpha value is -1.45. The maximum atomic E-state index is 14.1. The number of alkyl halides is 2. The summed E-state index contributed by atoms with van der Waals surface area (Å²) in [6.07, 6.45) is -4.40. The maximum absolute atomic E-state index is 14.1. The Bertz CT molecular complexity index is 603. The molecule has 4 nitrogen and oxygen atoms in total. The summed E-state index contributed by atoms with van der Waals surface area (Å²) in [7, 11) is 0. The highest BCUT2D eigenvalue weighted by Crippen LogP contribution is 2.33.